The molecule has 92 valence electrons. The molecule has 3 heteroatoms. The Bertz CT molecular complexity index is 525. The molecule has 0 aliphatic carbocycles. The quantitative estimate of drug-likeness (QED) is 0.747. The summed E-state index contributed by atoms with van der Waals surface area (Å²) in [4.78, 5) is 0. The Morgan fingerprint density at radius 2 is 1.83 bits per heavy atom. The van der Waals surface area contributed by atoms with Gasteiger partial charge in [-0.2, -0.15) is 0 Å². The van der Waals surface area contributed by atoms with Gasteiger partial charge in [-0.25, -0.2) is 4.39 Å². The second kappa shape index (κ2) is 5.72. The third-order valence-electron chi connectivity index (χ3n) is 2.82. The summed E-state index contributed by atoms with van der Waals surface area (Å²) >= 11 is 0. The average Bonchev–Trinajstić information content (AvgIpc) is 2.37. The van der Waals surface area contributed by atoms with Crippen molar-refractivity contribution in [1.29, 1.82) is 0 Å². The predicted molar refractivity (Wildman–Crippen MR) is 74.3 cm³/mol. The van der Waals surface area contributed by atoms with Crippen LogP contribution in [0.3, 0.4) is 0 Å². The number of hydrogen-bond donors (Lipinski definition) is 0. The lowest BCUT2D eigenvalue weighted by Crippen LogP contribution is -2.22. The highest BCUT2D eigenvalue weighted by Gasteiger charge is 2.04. The van der Waals surface area contributed by atoms with Gasteiger partial charge in [0.2, 0.25) is 0 Å². The molecular weight excluding hydrogens is 226 g/mol. The van der Waals surface area contributed by atoms with E-state index in [4.69, 9.17) is 4.74 Å². The molecule has 0 aliphatic rings. The second-order valence-corrected chi connectivity index (χ2v) is 4.65. The normalized spacial score (nSPS) is 10.2. The summed E-state index contributed by atoms with van der Waals surface area (Å²) in [6.07, 6.45) is 0. The van der Waals surface area contributed by atoms with Crippen LogP contribution in [0.2, 0.25) is 13.6 Å². The van der Waals surface area contributed by atoms with Crippen molar-refractivity contribution in [2.45, 2.75) is 20.3 Å². The van der Waals surface area contributed by atoms with Crippen molar-refractivity contribution in [1.82, 2.24) is 0 Å². The Balaban J connectivity index is 2.04. The van der Waals surface area contributed by atoms with Crippen molar-refractivity contribution in [2.24, 2.45) is 0 Å². The molecule has 0 saturated carbocycles. The van der Waals surface area contributed by atoms with Gasteiger partial charge < -0.3 is 4.74 Å². The van der Waals surface area contributed by atoms with E-state index >= 15 is 0 Å². The fourth-order valence-electron chi connectivity index (χ4n) is 1.76. The van der Waals surface area contributed by atoms with E-state index in [1.54, 1.807) is 6.07 Å². The summed E-state index contributed by atoms with van der Waals surface area (Å²) in [6.45, 7) is 5.15. The fraction of sp³-hybridized carbons (Fsp3) is 0.200. The van der Waals surface area contributed by atoms with Crippen molar-refractivity contribution in [3.05, 3.63) is 59.9 Å². The highest BCUT2D eigenvalue weighted by molar-refractivity contribution is 6.70. The van der Waals surface area contributed by atoms with Gasteiger partial charge >= 0.3 is 0 Å². The number of ether oxygens (including phenoxy) is 1. The summed E-state index contributed by atoms with van der Waals surface area (Å²) < 4.78 is 18.7. The summed E-state index contributed by atoms with van der Waals surface area (Å²) in [5, 5.41) is 0. The van der Waals surface area contributed by atoms with Gasteiger partial charge in [-0.15, -0.1) is 0 Å². The standard InChI is InChI=1S/C15H16BFO/c1-16(2)13-6-4-8-15(10-13)18-11-12-5-3-7-14(17)9-12/h3-10H,11H2,1-2H3. The van der Waals surface area contributed by atoms with E-state index in [-0.39, 0.29) is 5.82 Å². The summed E-state index contributed by atoms with van der Waals surface area (Å²) in [6, 6.07) is 14.5. The minimum Gasteiger partial charge on any atom is -0.489 e. The number of benzene rings is 2. The van der Waals surface area contributed by atoms with Gasteiger partial charge in [-0.1, -0.05) is 43.4 Å². The Kier molecular flexibility index (Phi) is 4.03. The first-order valence-corrected chi connectivity index (χ1v) is 6.12. The second-order valence-electron chi connectivity index (χ2n) is 4.65. The van der Waals surface area contributed by atoms with Crippen molar-refractivity contribution in [2.75, 3.05) is 0 Å². The van der Waals surface area contributed by atoms with Crippen molar-refractivity contribution >= 4 is 12.2 Å². The molecule has 0 spiro atoms. The smallest absolute Gasteiger partial charge is 0.169 e. The zero-order chi connectivity index (χ0) is 13.0. The summed E-state index contributed by atoms with van der Waals surface area (Å²) in [7, 11) is 0. The third kappa shape index (κ3) is 3.36. The largest absolute Gasteiger partial charge is 0.489 e. The van der Waals surface area contributed by atoms with E-state index in [1.165, 1.54) is 17.6 Å². The number of hydrogen-bond acceptors (Lipinski definition) is 1. The van der Waals surface area contributed by atoms with E-state index in [0.717, 1.165) is 11.3 Å². The Morgan fingerprint density at radius 3 is 2.56 bits per heavy atom. The maximum atomic E-state index is 13.0. The summed E-state index contributed by atoms with van der Waals surface area (Å²) in [5.41, 5.74) is 2.08. The zero-order valence-electron chi connectivity index (χ0n) is 10.7. The van der Waals surface area contributed by atoms with E-state index in [0.29, 0.717) is 13.3 Å². The molecular formula is C15H16BFO. The maximum Gasteiger partial charge on any atom is 0.169 e. The lowest BCUT2D eigenvalue weighted by molar-refractivity contribution is 0.306. The molecule has 0 N–H and O–H groups in total. The topological polar surface area (TPSA) is 9.23 Å². The van der Waals surface area contributed by atoms with E-state index in [2.05, 4.69) is 19.7 Å². The molecule has 0 aliphatic heterocycles. The number of halogens is 1. The first-order chi connectivity index (χ1) is 8.65. The molecule has 2 aromatic carbocycles. The predicted octanol–water partition coefficient (Wildman–Crippen LogP) is 3.37. The van der Waals surface area contributed by atoms with Crippen LogP contribution in [0.5, 0.6) is 5.75 Å². The molecule has 0 aromatic heterocycles. The zero-order valence-corrected chi connectivity index (χ0v) is 10.7. The first kappa shape index (κ1) is 12.7. The van der Waals surface area contributed by atoms with Crippen LogP contribution in [0.1, 0.15) is 5.56 Å². The fourth-order valence-corrected chi connectivity index (χ4v) is 1.76. The van der Waals surface area contributed by atoms with Gasteiger partial charge in [0, 0.05) is 0 Å². The minimum absolute atomic E-state index is 0.230. The van der Waals surface area contributed by atoms with Gasteiger partial charge in [0.05, 0.1) is 0 Å². The molecule has 0 radical (unpaired) electrons. The highest BCUT2D eigenvalue weighted by Crippen LogP contribution is 2.12. The molecule has 2 rings (SSSR count). The van der Waals surface area contributed by atoms with Gasteiger partial charge in [0.15, 0.2) is 6.71 Å². The number of rotatable bonds is 4. The molecule has 0 saturated heterocycles. The van der Waals surface area contributed by atoms with Crippen LogP contribution in [0.4, 0.5) is 4.39 Å². The van der Waals surface area contributed by atoms with Crippen LogP contribution >= 0.6 is 0 Å². The molecule has 0 heterocycles. The van der Waals surface area contributed by atoms with Crippen molar-refractivity contribution < 1.29 is 9.13 Å². The molecule has 18 heavy (non-hydrogen) atoms. The van der Waals surface area contributed by atoms with Crippen LogP contribution in [-0.2, 0) is 6.61 Å². The Labute approximate surface area is 108 Å². The monoisotopic (exact) mass is 242 g/mol. The third-order valence-corrected chi connectivity index (χ3v) is 2.82. The van der Waals surface area contributed by atoms with Crippen LogP contribution in [-0.4, -0.2) is 6.71 Å². The molecule has 1 nitrogen and oxygen atoms in total. The summed E-state index contributed by atoms with van der Waals surface area (Å²) in [5.74, 6) is 0.595. The Morgan fingerprint density at radius 1 is 1.06 bits per heavy atom. The van der Waals surface area contributed by atoms with E-state index in [1.807, 2.05) is 24.3 Å². The van der Waals surface area contributed by atoms with Gasteiger partial charge in [-0.3, -0.25) is 0 Å². The lowest BCUT2D eigenvalue weighted by Gasteiger charge is -2.09. The molecule has 0 atom stereocenters. The van der Waals surface area contributed by atoms with Crippen molar-refractivity contribution in [3.8, 4) is 5.75 Å². The van der Waals surface area contributed by atoms with Crippen LogP contribution in [0.25, 0.3) is 0 Å². The van der Waals surface area contributed by atoms with E-state index in [9.17, 15) is 4.39 Å². The van der Waals surface area contributed by atoms with Gasteiger partial charge in [0.25, 0.3) is 0 Å². The minimum atomic E-state index is -0.230. The first-order valence-electron chi connectivity index (χ1n) is 6.12. The lowest BCUT2D eigenvalue weighted by atomic mass is 9.49. The van der Waals surface area contributed by atoms with Gasteiger partial charge in [-0.05, 0) is 29.8 Å². The van der Waals surface area contributed by atoms with Crippen LogP contribution in [0, 0.1) is 5.82 Å². The molecule has 0 amide bonds. The van der Waals surface area contributed by atoms with Crippen molar-refractivity contribution in [3.63, 3.8) is 0 Å². The molecule has 2 aromatic rings. The van der Waals surface area contributed by atoms with Gasteiger partial charge in [0.1, 0.15) is 18.2 Å². The molecule has 0 fully saturated rings. The average molecular weight is 242 g/mol. The van der Waals surface area contributed by atoms with Crippen LogP contribution < -0.4 is 10.2 Å². The SMILES string of the molecule is CB(C)c1cccc(OCc2cccc(F)c2)c1. The maximum absolute atomic E-state index is 13.0. The highest BCUT2D eigenvalue weighted by atomic mass is 19.1. The van der Waals surface area contributed by atoms with E-state index < -0.39 is 0 Å². The Hall–Kier alpha value is -1.77. The molecule has 0 bridgehead atoms. The van der Waals surface area contributed by atoms with Crippen LogP contribution in [0.15, 0.2) is 48.5 Å². The molecule has 0 unspecified atom stereocenters.